The third kappa shape index (κ3) is 1.64. The molecule has 0 saturated heterocycles. The highest BCUT2D eigenvalue weighted by Gasteiger charge is 2.20. The first-order chi connectivity index (χ1) is 5.54. The number of rotatable bonds is 1. The predicted molar refractivity (Wildman–Crippen MR) is 39.2 cm³/mol. The Bertz CT molecular complexity index is 303. The van der Waals surface area contributed by atoms with Gasteiger partial charge in [-0.25, -0.2) is 18.2 Å². The number of nitrogens with zero attached hydrogens (tertiary/aromatic N) is 1. The third-order valence-electron chi connectivity index (χ3n) is 1.18. The van der Waals surface area contributed by atoms with E-state index in [9.17, 15) is 13.2 Å². The highest BCUT2D eigenvalue weighted by Crippen LogP contribution is 2.33. The van der Waals surface area contributed by atoms with Crippen LogP contribution in [0.5, 0.6) is 0 Å². The maximum Gasteiger partial charge on any atom is 0.268 e. The molecule has 1 heterocycles. The van der Waals surface area contributed by atoms with Gasteiger partial charge in [-0.2, -0.15) is 0 Å². The Morgan fingerprint density at radius 3 is 2.33 bits per heavy atom. The summed E-state index contributed by atoms with van der Waals surface area (Å²) < 4.78 is 36.7. The molecule has 0 aromatic carbocycles. The summed E-state index contributed by atoms with van der Waals surface area (Å²) in [5, 5.41) is -1.15. The van der Waals surface area contributed by atoms with E-state index in [-0.39, 0.29) is 0 Å². The van der Waals surface area contributed by atoms with Crippen molar-refractivity contribution < 1.29 is 13.2 Å². The van der Waals surface area contributed by atoms with Crippen molar-refractivity contribution >= 4 is 23.2 Å². The van der Waals surface area contributed by atoms with Crippen LogP contribution in [0.2, 0.25) is 10.2 Å². The van der Waals surface area contributed by atoms with Gasteiger partial charge in [0.05, 0.1) is 16.8 Å². The van der Waals surface area contributed by atoms with Crippen LogP contribution in [0, 0.1) is 5.82 Å². The van der Waals surface area contributed by atoms with Crippen molar-refractivity contribution in [2.75, 3.05) is 0 Å². The lowest BCUT2D eigenvalue weighted by Crippen LogP contribution is -1.93. The summed E-state index contributed by atoms with van der Waals surface area (Å²) in [6.07, 6.45) is -2.23. The van der Waals surface area contributed by atoms with Gasteiger partial charge in [-0.3, -0.25) is 0 Å². The lowest BCUT2D eigenvalue weighted by Gasteiger charge is -2.04. The average molecular weight is 216 g/mol. The molecule has 0 bridgehead atoms. The van der Waals surface area contributed by atoms with Crippen LogP contribution in [0.4, 0.5) is 13.2 Å². The molecule has 1 aromatic heterocycles. The quantitative estimate of drug-likeness (QED) is 0.655. The Labute approximate surface area is 76.1 Å². The second kappa shape index (κ2) is 3.49. The number of aromatic nitrogens is 1. The number of hydrogen-bond acceptors (Lipinski definition) is 1. The van der Waals surface area contributed by atoms with Crippen LogP contribution in [0.1, 0.15) is 12.0 Å². The zero-order valence-electron chi connectivity index (χ0n) is 5.49. The van der Waals surface area contributed by atoms with Crippen molar-refractivity contribution in [3.8, 4) is 0 Å². The van der Waals surface area contributed by atoms with Crippen molar-refractivity contribution in [2.24, 2.45) is 0 Å². The van der Waals surface area contributed by atoms with E-state index in [2.05, 4.69) is 4.98 Å². The van der Waals surface area contributed by atoms with E-state index in [1.807, 2.05) is 0 Å². The average Bonchev–Trinajstić information content (AvgIpc) is 1.97. The molecule has 0 N–H and O–H groups in total. The molecule has 6 heteroatoms. The normalized spacial score (nSPS) is 10.8. The first-order valence-corrected chi connectivity index (χ1v) is 3.57. The van der Waals surface area contributed by atoms with E-state index in [4.69, 9.17) is 23.2 Å². The SMILES string of the molecule is Fc1cnc(Cl)c(C(F)F)c1Cl. The molecule has 1 nitrogen and oxygen atoms in total. The van der Waals surface area contributed by atoms with E-state index in [0.29, 0.717) is 6.20 Å². The van der Waals surface area contributed by atoms with E-state index in [1.54, 1.807) is 0 Å². The number of hydrogen-bond donors (Lipinski definition) is 0. The molecule has 0 fully saturated rings. The fourth-order valence-corrected chi connectivity index (χ4v) is 1.14. The molecule has 1 rings (SSSR count). The third-order valence-corrected chi connectivity index (χ3v) is 1.86. The zero-order valence-corrected chi connectivity index (χ0v) is 7.00. The van der Waals surface area contributed by atoms with Crippen LogP contribution in [-0.4, -0.2) is 4.98 Å². The Kier molecular flexibility index (Phi) is 2.80. The van der Waals surface area contributed by atoms with Gasteiger partial charge in [0.25, 0.3) is 6.43 Å². The molecule has 0 amide bonds. The fraction of sp³-hybridized carbons (Fsp3) is 0.167. The second-order valence-corrected chi connectivity index (χ2v) is 2.66. The predicted octanol–water partition coefficient (Wildman–Crippen LogP) is 3.47. The highest BCUT2D eigenvalue weighted by molar-refractivity contribution is 6.35. The van der Waals surface area contributed by atoms with Crippen LogP contribution in [-0.2, 0) is 0 Å². The van der Waals surface area contributed by atoms with Crippen molar-refractivity contribution in [1.29, 1.82) is 0 Å². The zero-order chi connectivity index (χ0) is 9.30. The van der Waals surface area contributed by atoms with Crippen LogP contribution < -0.4 is 0 Å². The molecule has 0 atom stereocenters. The van der Waals surface area contributed by atoms with Gasteiger partial charge >= 0.3 is 0 Å². The number of halogens is 5. The van der Waals surface area contributed by atoms with E-state index >= 15 is 0 Å². The van der Waals surface area contributed by atoms with E-state index in [0.717, 1.165) is 0 Å². The molecule has 0 radical (unpaired) electrons. The first-order valence-electron chi connectivity index (χ1n) is 2.81. The molecule has 0 aliphatic carbocycles. The molecular weight excluding hydrogens is 214 g/mol. The van der Waals surface area contributed by atoms with Crippen LogP contribution in [0.15, 0.2) is 6.20 Å². The lowest BCUT2D eigenvalue weighted by atomic mass is 10.3. The summed E-state index contributed by atoms with van der Waals surface area (Å²) in [5.41, 5.74) is -0.765. The first kappa shape index (κ1) is 9.61. The smallest absolute Gasteiger partial charge is 0.241 e. The molecule has 66 valence electrons. The van der Waals surface area contributed by atoms with Gasteiger partial charge in [-0.05, 0) is 0 Å². The van der Waals surface area contributed by atoms with E-state index in [1.165, 1.54) is 0 Å². The summed E-state index contributed by atoms with van der Waals surface area (Å²) in [4.78, 5) is 3.19. The monoisotopic (exact) mass is 215 g/mol. The minimum atomic E-state index is -2.92. The van der Waals surface area contributed by atoms with Gasteiger partial charge in [-0.15, -0.1) is 0 Å². The minimum Gasteiger partial charge on any atom is -0.241 e. The molecule has 0 spiro atoms. The lowest BCUT2D eigenvalue weighted by molar-refractivity contribution is 0.150. The Morgan fingerprint density at radius 1 is 1.33 bits per heavy atom. The Morgan fingerprint density at radius 2 is 1.92 bits per heavy atom. The molecule has 12 heavy (non-hydrogen) atoms. The molecule has 0 saturated carbocycles. The maximum atomic E-state index is 12.5. The van der Waals surface area contributed by atoms with Crippen molar-refractivity contribution in [2.45, 2.75) is 6.43 Å². The van der Waals surface area contributed by atoms with Crippen LogP contribution in [0.3, 0.4) is 0 Å². The number of alkyl halides is 2. The maximum absolute atomic E-state index is 12.5. The van der Waals surface area contributed by atoms with Crippen LogP contribution >= 0.6 is 23.2 Å². The molecular formula is C6H2Cl2F3N. The van der Waals surface area contributed by atoms with Gasteiger partial charge in [-0.1, -0.05) is 23.2 Å². The number of pyridine rings is 1. The molecule has 1 aromatic rings. The van der Waals surface area contributed by atoms with Gasteiger partial charge in [0.1, 0.15) is 5.15 Å². The topological polar surface area (TPSA) is 12.9 Å². The Balaban J connectivity index is 3.33. The van der Waals surface area contributed by atoms with E-state index < -0.39 is 28.0 Å². The second-order valence-electron chi connectivity index (χ2n) is 1.93. The molecule has 0 unspecified atom stereocenters. The molecule has 0 aliphatic heterocycles. The summed E-state index contributed by atoms with van der Waals surface area (Å²) in [7, 11) is 0. The summed E-state index contributed by atoms with van der Waals surface area (Å²) in [6, 6.07) is 0. The summed E-state index contributed by atoms with van der Waals surface area (Å²) in [6.45, 7) is 0. The largest absolute Gasteiger partial charge is 0.268 e. The van der Waals surface area contributed by atoms with Gasteiger partial charge in [0.2, 0.25) is 0 Å². The fourth-order valence-electron chi connectivity index (χ4n) is 0.645. The summed E-state index contributed by atoms with van der Waals surface area (Å²) >= 11 is 10.5. The Hall–Kier alpha value is -0.480. The van der Waals surface area contributed by atoms with Crippen molar-refractivity contribution in [1.82, 2.24) is 4.98 Å². The van der Waals surface area contributed by atoms with Crippen molar-refractivity contribution in [3.05, 3.63) is 27.8 Å². The minimum absolute atomic E-state index is 0.476. The van der Waals surface area contributed by atoms with Crippen LogP contribution in [0.25, 0.3) is 0 Å². The van der Waals surface area contributed by atoms with Gasteiger partial charge in [0.15, 0.2) is 5.82 Å². The van der Waals surface area contributed by atoms with Crippen molar-refractivity contribution in [3.63, 3.8) is 0 Å². The summed E-state index contributed by atoms with van der Waals surface area (Å²) in [5.74, 6) is -1.00. The van der Waals surface area contributed by atoms with Gasteiger partial charge in [0, 0.05) is 0 Å². The standard InChI is InChI=1S/C6H2Cl2F3N/c7-4-2(9)1-12-5(8)3(4)6(10)11/h1,6H. The van der Waals surface area contributed by atoms with Gasteiger partial charge < -0.3 is 0 Å². The highest BCUT2D eigenvalue weighted by atomic mass is 35.5. The molecule has 0 aliphatic rings.